The number of carbonyl (C=O) groups is 1. The standard InChI is InChI=1S/C14H21NO4/c1-6-13(16)15(2)9-10-7-11(17-3)14(19-5)12(8-10)18-4/h7-8H,6,9H2,1-5H3. The van der Waals surface area contributed by atoms with Gasteiger partial charge in [0.05, 0.1) is 21.3 Å². The molecule has 0 saturated carbocycles. The Bertz CT molecular complexity index is 420. The van der Waals surface area contributed by atoms with E-state index in [0.29, 0.717) is 30.2 Å². The van der Waals surface area contributed by atoms with Crippen LogP contribution >= 0.6 is 0 Å². The molecule has 0 radical (unpaired) electrons. The maximum absolute atomic E-state index is 11.6. The average Bonchev–Trinajstić information content (AvgIpc) is 2.44. The summed E-state index contributed by atoms with van der Waals surface area (Å²) in [5.41, 5.74) is 0.929. The van der Waals surface area contributed by atoms with Gasteiger partial charge in [-0.2, -0.15) is 0 Å². The van der Waals surface area contributed by atoms with E-state index in [-0.39, 0.29) is 5.91 Å². The molecule has 0 bridgehead atoms. The molecular formula is C14H21NO4. The van der Waals surface area contributed by atoms with E-state index in [0.717, 1.165) is 5.56 Å². The first kappa shape index (κ1) is 15.1. The van der Waals surface area contributed by atoms with Crippen LogP contribution in [0.4, 0.5) is 0 Å². The monoisotopic (exact) mass is 267 g/mol. The average molecular weight is 267 g/mol. The molecule has 0 saturated heterocycles. The topological polar surface area (TPSA) is 48.0 Å². The van der Waals surface area contributed by atoms with Gasteiger partial charge in [-0.25, -0.2) is 0 Å². The molecule has 5 heteroatoms. The van der Waals surface area contributed by atoms with Gasteiger partial charge in [-0.05, 0) is 17.7 Å². The Morgan fingerprint density at radius 3 is 2.00 bits per heavy atom. The van der Waals surface area contributed by atoms with Crippen LogP contribution in [0.2, 0.25) is 0 Å². The van der Waals surface area contributed by atoms with Crippen molar-refractivity contribution in [1.82, 2.24) is 4.90 Å². The van der Waals surface area contributed by atoms with Crippen LogP contribution in [0.1, 0.15) is 18.9 Å². The second-order valence-corrected chi connectivity index (χ2v) is 4.14. The van der Waals surface area contributed by atoms with Crippen molar-refractivity contribution in [2.24, 2.45) is 0 Å². The number of methoxy groups -OCH3 is 3. The maximum atomic E-state index is 11.6. The van der Waals surface area contributed by atoms with E-state index in [1.54, 1.807) is 33.3 Å². The summed E-state index contributed by atoms with van der Waals surface area (Å²) >= 11 is 0. The lowest BCUT2D eigenvalue weighted by molar-refractivity contribution is -0.130. The highest BCUT2D eigenvalue weighted by Gasteiger charge is 2.15. The summed E-state index contributed by atoms with van der Waals surface area (Å²) in [5, 5.41) is 0. The first-order valence-corrected chi connectivity index (χ1v) is 6.10. The van der Waals surface area contributed by atoms with E-state index in [2.05, 4.69) is 0 Å². The predicted octanol–water partition coefficient (Wildman–Crippen LogP) is 2.08. The summed E-state index contributed by atoms with van der Waals surface area (Å²) < 4.78 is 15.8. The molecule has 0 atom stereocenters. The van der Waals surface area contributed by atoms with Gasteiger partial charge in [-0.3, -0.25) is 4.79 Å². The molecule has 0 spiro atoms. The van der Waals surface area contributed by atoms with Gasteiger partial charge in [0, 0.05) is 20.0 Å². The SMILES string of the molecule is CCC(=O)N(C)Cc1cc(OC)c(OC)c(OC)c1. The molecule has 0 unspecified atom stereocenters. The molecular weight excluding hydrogens is 246 g/mol. The summed E-state index contributed by atoms with van der Waals surface area (Å²) in [7, 11) is 6.48. The third-order valence-electron chi connectivity index (χ3n) is 2.87. The van der Waals surface area contributed by atoms with Crippen molar-refractivity contribution < 1.29 is 19.0 Å². The Morgan fingerprint density at radius 2 is 1.63 bits per heavy atom. The van der Waals surface area contributed by atoms with Crippen molar-refractivity contribution in [2.75, 3.05) is 28.4 Å². The van der Waals surface area contributed by atoms with Gasteiger partial charge in [0.25, 0.3) is 0 Å². The molecule has 0 aliphatic carbocycles. The first-order chi connectivity index (χ1) is 9.07. The fourth-order valence-electron chi connectivity index (χ4n) is 1.86. The van der Waals surface area contributed by atoms with Gasteiger partial charge in [-0.15, -0.1) is 0 Å². The lowest BCUT2D eigenvalue weighted by Crippen LogP contribution is -2.25. The van der Waals surface area contributed by atoms with Crippen molar-refractivity contribution in [3.63, 3.8) is 0 Å². The largest absolute Gasteiger partial charge is 0.493 e. The van der Waals surface area contributed by atoms with Gasteiger partial charge in [-0.1, -0.05) is 6.92 Å². The highest BCUT2D eigenvalue weighted by Crippen LogP contribution is 2.38. The number of carbonyl (C=O) groups excluding carboxylic acids is 1. The molecule has 1 rings (SSSR count). The van der Waals surface area contributed by atoms with E-state index in [4.69, 9.17) is 14.2 Å². The van der Waals surface area contributed by atoms with Gasteiger partial charge in [0.1, 0.15) is 0 Å². The second kappa shape index (κ2) is 6.87. The van der Waals surface area contributed by atoms with Crippen LogP contribution in [-0.4, -0.2) is 39.2 Å². The van der Waals surface area contributed by atoms with Crippen molar-refractivity contribution in [2.45, 2.75) is 19.9 Å². The van der Waals surface area contributed by atoms with E-state index in [1.807, 2.05) is 19.1 Å². The Balaban J connectivity index is 3.06. The Hall–Kier alpha value is -1.91. The molecule has 5 nitrogen and oxygen atoms in total. The number of nitrogens with zero attached hydrogens (tertiary/aromatic N) is 1. The first-order valence-electron chi connectivity index (χ1n) is 6.10. The normalized spacial score (nSPS) is 9.95. The van der Waals surface area contributed by atoms with Crippen LogP contribution in [0.5, 0.6) is 17.2 Å². The number of amides is 1. The summed E-state index contributed by atoms with van der Waals surface area (Å²) in [5.74, 6) is 1.83. The van der Waals surface area contributed by atoms with Gasteiger partial charge in [0.15, 0.2) is 11.5 Å². The highest BCUT2D eigenvalue weighted by molar-refractivity contribution is 5.75. The Morgan fingerprint density at radius 1 is 1.11 bits per heavy atom. The third kappa shape index (κ3) is 3.53. The van der Waals surface area contributed by atoms with Gasteiger partial charge >= 0.3 is 0 Å². The number of ether oxygens (including phenoxy) is 3. The van der Waals surface area contributed by atoms with Crippen LogP contribution in [-0.2, 0) is 11.3 Å². The minimum absolute atomic E-state index is 0.0914. The van der Waals surface area contributed by atoms with Crippen molar-refractivity contribution in [1.29, 1.82) is 0 Å². The van der Waals surface area contributed by atoms with Crippen LogP contribution in [0.3, 0.4) is 0 Å². The molecule has 0 fully saturated rings. The minimum Gasteiger partial charge on any atom is -0.493 e. The summed E-state index contributed by atoms with van der Waals surface area (Å²) in [6.07, 6.45) is 0.487. The second-order valence-electron chi connectivity index (χ2n) is 4.14. The lowest BCUT2D eigenvalue weighted by Gasteiger charge is -2.19. The molecule has 1 amide bonds. The Labute approximate surface area is 114 Å². The number of hydrogen-bond acceptors (Lipinski definition) is 4. The fourth-order valence-corrected chi connectivity index (χ4v) is 1.86. The maximum Gasteiger partial charge on any atom is 0.222 e. The zero-order chi connectivity index (χ0) is 14.4. The summed E-state index contributed by atoms with van der Waals surface area (Å²) in [6, 6.07) is 3.70. The fraction of sp³-hybridized carbons (Fsp3) is 0.500. The zero-order valence-electron chi connectivity index (χ0n) is 12.1. The summed E-state index contributed by atoms with van der Waals surface area (Å²) in [4.78, 5) is 13.3. The van der Waals surface area contributed by atoms with E-state index in [9.17, 15) is 4.79 Å². The van der Waals surface area contributed by atoms with Crippen LogP contribution in [0.25, 0.3) is 0 Å². The number of benzene rings is 1. The molecule has 0 aliphatic rings. The van der Waals surface area contributed by atoms with E-state index in [1.165, 1.54) is 0 Å². The third-order valence-corrected chi connectivity index (χ3v) is 2.87. The quantitative estimate of drug-likeness (QED) is 0.791. The Kier molecular flexibility index (Phi) is 5.48. The van der Waals surface area contributed by atoms with E-state index < -0.39 is 0 Å². The molecule has 0 aliphatic heterocycles. The molecule has 0 heterocycles. The zero-order valence-corrected chi connectivity index (χ0v) is 12.1. The van der Waals surface area contributed by atoms with Crippen molar-refractivity contribution in [3.05, 3.63) is 17.7 Å². The molecule has 1 aromatic rings. The summed E-state index contributed by atoms with van der Waals surface area (Å²) in [6.45, 7) is 2.34. The lowest BCUT2D eigenvalue weighted by atomic mass is 10.1. The highest BCUT2D eigenvalue weighted by atomic mass is 16.5. The van der Waals surface area contributed by atoms with Crippen molar-refractivity contribution >= 4 is 5.91 Å². The van der Waals surface area contributed by atoms with Gasteiger partial charge in [0.2, 0.25) is 11.7 Å². The number of rotatable bonds is 6. The van der Waals surface area contributed by atoms with Crippen molar-refractivity contribution in [3.8, 4) is 17.2 Å². The van der Waals surface area contributed by atoms with Gasteiger partial charge < -0.3 is 19.1 Å². The molecule has 106 valence electrons. The van der Waals surface area contributed by atoms with Crippen LogP contribution in [0.15, 0.2) is 12.1 Å². The minimum atomic E-state index is 0.0914. The van der Waals surface area contributed by atoms with E-state index >= 15 is 0 Å². The molecule has 1 aromatic carbocycles. The smallest absolute Gasteiger partial charge is 0.222 e. The number of hydrogen-bond donors (Lipinski definition) is 0. The molecule has 0 aromatic heterocycles. The predicted molar refractivity (Wildman–Crippen MR) is 72.9 cm³/mol. The molecule has 0 N–H and O–H groups in total. The van der Waals surface area contributed by atoms with Crippen LogP contribution in [0, 0.1) is 0 Å². The molecule has 19 heavy (non-hydrogen) atoms. The van der Waals surface area contributed by atoms with Crippen LogP contribution < -0.4 is 14.2 Å².